The molecule has 1 amide bonds. The molecular weight excluding hydrogens is 363 g/mol. The Morgan fingerprint density at radius 2 is 2.26 bits per heavy atom. The molecule has 3 rings (SSSR count). The van der Waals surface area contributed by atoms with Crippen molar-refractivity contribution in [3.63, 3.8) is 0 Å². The Kier molecular flexibility index (Phi) is 2.92. The lowest BCUT2D eigenvalue weighted by Gasteiger charge is -2.36. The van der Waals surface area contributed by atoms with E-state index in [0.29, 0.717) is 31.1 Å². The molecule has 100 valence electrons. The highest BCUT2D eigenvalue weighted by atomic mass is 127. The minimum Gasteiger partial charge on any atom is -0.465 e. The topological polar surface area (TPSA) is 110 Å². The van der Waals surface area contributed by atoms with Crippen LogP contribution in [0.4, 0.5) is 10.6 Å². The van der Waals surface area contributed by atoms with Crippen molar-refractivity contribution in [2.75, 3.05) is 18.8 Å². The quantitative estimate of drug-likeness (QED) is 0.746. The number of hydrogen-bond donors (Lipinski definition) is 2. The number of rotatable bonds is 2. The molecule has 3 heterocycles. The Morgan fingerprint density at radius 1 is 1.53 bits per heavy atom. The van der Waals surface area contributed by atoms with E-state index in [1.165, 1.54) is 11.2 Å². The molecule has 0 aliphatic carbocycles. The van der Waals surface area contributed by atoms with Gasteiger partial charge in [-0.3, -0.25) is 0 Å². The Hall–Kier alpha value is -1.65. The summed E-state index contributed by atoms with van der Waals surface area (Å²) >= 11 is 2.10. The summed E-state index contributed by atoms with van der Waals surface area (Å²) in [5, 5.41) is 14.0. The second-order valence-electron chi connectivity index (χ2n) is 4.48. The molecule has 1 aliphatic rings. The molecule has 0 radical (unpaired) electrons. The highest BCUT2D eigenvalue weighted by Crippen LogP contribution is 2.25. The maximum absolute atomic E-state index is 10.7. The molecule has 0 unspecified atom stereocenters. The summed E-state index contributed by atoms with van der Waals surface area (Å²) < 4.78 is 2.54. The Morgan fingerprint density at radius 3 is 2.95 bits per heavy atom. The van der Waals surface area contributed by atoms with Crippen molar-refractivity contribution >= 4 is 45.5 Å². The molecular formula is C10H11IN6O2. The highest BCUT2D eigenvalue weighted by molar-refractivity contribution is 14.1. The summed E-state index contributed by atoms with van der Waals surface area (Å²) in [5.74, 6) is 0.688. The number of hydrogen-bond acceptors (Lipinski definition) is 5. The summed E-state index contributed by atoms with van der Waals surface area (Å²) in [6.07, 6.45) is 0.540. The maximum Gasteiger partial charge on any atom is 0.407 e. The number of nitrogen functional groups attached to an aromatic ring is 1. The summed E-state index contributed by atoms with van der Waals surface area (Å²) in [7, 11) is 0. The van der Waals surface area contributed by atoms with E-state index in [9.17, 15) is 4.79 Å². The number of carboxylic acid groups (broad SMARTS) is 1. The second kappa shape index (κ2) is 4.47. The van der Waals surface area contributed by atoms with Crippen LogP contribution >= 0.6 is 22.6 Å². The number of fused-ring (bicyclic) bond motifs is 1. The molecule has 0 spiro atoms. The lowest BCUT2D eigenvalue weighted by molar-refractivity contribution is 0.0736. The van der Waals surface area contributed by atoms with Gasteiger partial charge in [0.1, 0.15) is 15.8 Å². The first-order valence-electron chi connectivity index (χ1n) is 5.66. The smallest absolute Gasteiger partial charge is 0.407 e. The normalized spacial score (nSPS) is 15.7. The second-order valence-corrected chi connectivity index (χ2v) is 5.51. The molecule has 0 atom stereocenters. The molecule has 3 N–H and O–H groups in total. The van der Waals surface area contributed by atoms with E-state index in [0.717, 1.165) is 9.09 Å². The van der Waals surface area contributed by atoms with Crippen LogP contribution in [0.25, 0.3) is 11.0 Å². The fourth-order valence-electron chi connectivity index (χ4n) is 2.20. The molecule has 2 aromatic heterocycles. The fourth-order valence-corrected chi connectivity index (χ4v) is 2.98. The van der Waals surface area contributed by atoms with E-state index < -0.39 is 6.09 Å². The molecule has 1 aliphatic heterocycles. The van der Waals surface area contributed by atoms with Gasteiger partial charge in [0.2, 0.25) is 0 Å². The van der Waals surface area contributed by atoms with E-state index in [1.807, 2.05) is 0 Å². The summed E-state index contributed by atoms with van der Waals surface area (Å²) in [6, 6.07) is 0. The van der Waals surface area contributed by atoms with Gasteiger partial charge < -0.3 is 15.7 Å². The van der Waals surface area contributed by atoms with Crippen LogP contribution in [0.3, 0.4) is 0 Å². The SMILES string of the molecule is Nc1ncnc2c1c(I)nn2CC1CN(C(=O)O)C1. The molecule has 1 saturated heterocycles. The third-order valence-electron chi connectivity index (χ3n) is 3.17. The number of carbonyl (C=O) groups is 1. The molecule has 2 aromatic rings. The van der Waals surface area contributed by atoms with Crippen LogP contribution in [0.5, 0.6) is 0 Å². The fraction of sp³-hybridized carbons (Fsp3) is 0.400. The zero-order valence-corrected chi connectivity index (χ0v) is 12.0. The number of halogens is 1. The number of anilines is 1. The Labute approximate surface area is 121 Å². The van der Waals surface area contributed by atoms with E-state index in [1.54, 1.807) is 4.68 Å². The largest absolute Gasteiger partial charge is 0.465 e. The van der Waals surface area contributed by atoms with Crippen molar-refractivity contribution in [1.29, 1.82) is 0 Å². The zero-order valence-electron chi connectivity index (χ0n) is 9.82. The van der Waals surface area contributed by atoms with Gasteiger partial charge in [0, 0.05) is 25.6 Å². The summed E-state index contributed by atoms with van der Waals surface area (Å²) in [6.45, 7) is 1.71. The summed E-state index contributed by atoms with van der Waals surface area (Å²) in [5.41, 5.74) is 6.51. The van der Waals surface area contributed by atoms with Crippen molar-refractivity contribution < 1.29 is 9.90 Å². The van der Waals surface area contributed by atoms with Gasteiger partial charge >= 0.3 is 6.09 Å². The van der Waals surface area contributed by atoms with Gasteiger partial charge in [0.15, 0.2) is 5.65 Å². The van der Waals surface area contributed by atoms with Crippen LogP contribution in [0.2, 0.25) is 0 Å². The van der Waals surface area contributed by atoms with Crippen LogP contribution in [-0.4, -0.2) is 48.9 Å². The minimum absolute atomic E-state index is 0.270. The van der Waals surface area contributed by atoms with Gasteiger partial charge in [-0.2, -0.15) is 5.10 Å². The molecule has 8 nitrogen and oxygen atoms in total. The molecule has 0 bridgehead atoms. The molecule has 19 heavy (non-hydrogen) atoms. The lowest BCUT2D eigenvalue weighted by atomic mass is 10.0. The standard InChI is InChI=1S/C10H11IN6O2/c11-7-6-8(12)13-4-14-9(6)17(15-7)3-5-1-16(2-5)10(18)19/h4-5H,1-3H2,(H,18,19)(H2,12,13,14). The van der Waals surface area contributed by atoms with Gasteiger partial charge in [-0.25, -0.2) is 19.4 Å². The predicted octanol–water partition coefficient (Wildman–Crippen LogP) is 0.623. The number of nitrogens with two attached hydrogens (primary N) is 1. The number of likely N-dealkylation sites (tertiary alicyclic amines) is 1. The molecule has 0 aromatic carbocycles. The van der Waals surface area contributed by atoms with Crippen LogP contribution < -0.4 is 5.73 Å². The molecule has 9 heteroatoms. The third kappa shape index (κ3) is 2.07. The van der Waals surface area contributed by atoms with E-state index in [2.05, 4.69) is 37.7 Å². The summed E-state index contributed by atoms with van der Waals surface area (Å²) in [4.78, 5) is 20.2. The van der Waals surface area contributed by atoms with Crippen molar-refractivity contribution in [2.45, 2.75) is 6.54 Å². The first-order valence-corrected chi connectivity index (χ1v) is 6.74. The number of amides is 1. The molecule has 1 fully saturated rings. The van der Waals surface area contributed by atoms with Crippen molar-refractivity contribution in [3.8, 4) is 0 Å². The predicted molar refractivity (Wildman–Crippen MR) is 75.5 cm³/mol. The highest BCUT2D eigenvalue weighted by Gasteiger charge is 2.31. The van der Waals surface area contributed by atoms with Crippen LogP contribution in [0, 0.1) is 9.62 Å². The maximum atomic E-state index is 10.7. The number of aromatic nitrogens is 4. The van der Waals surface area contributed by atoms with E-state index >= 15 is 0 Å². The van der Waals surface area contributed by atoms with Crippen molar-refractivity contribution in [3.05, 3.63) is 10.0 Å². The lowest BCUT2D eigenvalue weighted by Crippen LogP contribution is -2.50. The van der Waals surface area contributed by atoms with Crippen molar-refractivity contribution in [1.82, 2.24) is 24.6 Å². The first-order chi connectivity index (χ1) is 9.06. The Bertz CT molecular complexity index is 651. The number of nitrogens with zero attached hydrogens (tertiary/aromatic N) is 5. The van der Waals surface area contributed by atoms with Crippen LogP contribution in [0.15, 0.2) is 6.33 Å². The third-order valence-corrected chi connectivity index (χ3v) is 3.93. The van der Waals surface area contributed by atoms with Gasteiger partial charge in [-0.05, 0) is 22.6 Å². The average Bonchev–Trinajstić information content (AvgIpc) is 2.61. The zero-order chi connectivity index (χ0) is 13.6. The Balaban J connectivity index is 1.83. The van der Waals surface area contributed by atoms with Crippen LogP contribution in [0.1, 0.15) is 0 Å². The van der Waals surface area contributed by atoms with Crippen molar-refractivity contribution in [2.24, 2.45) is 5.92 Å². The van der Waals surface area contributed by atoms with Gasteiger partial charge in [0.25, 0.3) is 0 Å². The first kappa shape index (κ1) is 12.4. The molecule has 0 saturated carbocycles. The van der Waals surface area contributed by atoms with Gasteiger partial charge in [-0.15, -0.1) is 0 Å². The monoisotopic (exact) mass is 374 g/mol. The van der Waals surface area contributed by atoms with Crippen LogP contribution in [-0.2, 0) is 6.54 Å². The van der Waals surface area contributed by atoms with E-state index in [-0.39, 0.29) is 5.92 Å². The van der Waals surface area contributed by atoms with Gasteiger partial charge in [-0.1, -0.05) is 0 Å². The van der Waals surface area contributed by atoms with E-state index in [4.69, 9.17) is 10.8 Å². The average molecular weight is 374 g/mol. The van der Waals surface area contributed by atoms with Gasteiger partial charge in [0.05, 0.1) is 5.39 Å². The minimum atomic E-state index is -0.872.